The number of nitrogens with one attached hydrogen (secondary N) is 4. The molecule has 120 valence electrons. The molecule has 7 nitrogen and oxygen atoms in total. The molecule has 4 N–H and O–H groups in total. The molecule has 4 amide bonds. The lowest BCUT2D eigenvalue weighted by molar-refractivity contribution is -0.885. The number of amides is 4. The van der Waals surface area contributed by atoms with Gasteiger partial charge in [-0.3, -0.25) is 14.9 Å². The van der Waals surface area contributed by atoms with Crippen molar-refractivity contribution in [2.45, 2.75) is 13.0 Å². The lowest BCUT2D eigenvalue weighted by Crippen LogP contribution is -3.15. The molecule has 2 atom stereocenters. The molecule has 1 aromatic carbocycles. The summed E-state index contributed by atoms with van der Waals surface area (Å²) in [6.45, 7) is 1.70. The first-order chi connectivity index (χ1) is 10.3. The third kappa shape index (κ3) is 5.34. The van der Waals surface area contributed by atoms with E-state index in [0.29, 0.717) is 15.6 Å². The first-order valence-corrected chi connectivity index (χ1v) is 7.12. The molecule has 0 aromatic heterocycles. The molecule has 1 rings (SSSR count). The molecule has 1 unspecified atom stereocenters. The fourth-order valence-corrected chi connectivity index (χ4v) is 1.85. The average molecular weight is 328 g/mol. The van der Waals surface area contributed by atoms with Crippen LogP contribution >= 0.6 is 11.6 Å². The second-order valence-corrected chi connectivity index (χ2v) is 5.25. The highest BCUT2D eigenvalue weighted by Crippen LogP contribution is 2.19. The summed E-state index contributed by atoms with van der Waals surface area (Å²) in [5.41, 5.74) is 0.518. The van der Waals surface area contributed by atoms with E-state index in [4.69, 9.17) is 11.6 Å². The number of rotatable bonds is 5. The summed E-state index contributed by atoms with van der Waals surface area (Å²) in [4.78, 5) is 35.5. The fourth-order valence-electron chi connectivity index (χ4n) is 1.67. The zero-order valence-corrected chi connectivity index (χ0v) is 13.5. The van der Waals surface area contributed by atoms with Crippen LogP contribution in [0.3, 0.4) is 0 Å². The van der Waals surface area contributed by atoms with Crippen LogP contribution in [0.15, 0.2) is 24.3 Å². The zero-order valence-electron chi connectivity index (χ0n) is 12.7. The lowest BCUT2D eigenvalue weighted by atomic mass is 10.2. The highest BCUT2D eigenvalue weighted by Gasteiger charge is 2.25. The highest BCUT2D eigenvalue weighted by molar-refractivity contribution is 6.33. The van der Waals surface area contributed by atoms with Crippen LogP contribution < -0.4 is 20.9 Å². The maximum absolute atomic E-state index is 12.0. The molecule has 0 heterocycles. The van der Waals surface area contributed by atoms with E-state index in [9.17, 15) is 14.4 Å². The van der Waals surface area contributed by atoms with Crippen molar-refractivity contribution in [3.63, 3.8) is 0 Å². The van der Waals surface area contributed by atoms with Crippen LogP contribution in [0.4, 0.5) is 10.5 Å². The predicted octanol–water partition coefficient (Wildman–Crippen LogP) is -0.363. The summed E-state index contributed by atoms with van der Waals surface area (Å²) in [6.07, 6.45) is 0. The Balaban J connectivity index is 2.55. The minimum absolute atomic E-state index is 0.0630. The number of quaternary nitrogens is 1. The molecule has 1 aromatic rings. The van der Waals surface area contributed by atoms with Crippen molar-refractivity contribution in [3.8, 4) is 0 Å². The number of para-hydroxylation sites is 1. The van der Waals surface area contributed by atoms with E-state index in [2.05, 4.69) is 16.0 Å². The van der Waals surface area contributed by atoms with E-state index >= 15 is 0 Å². The first kappa shape index (κ1) is 17.9. The molecule has 0 saturated heterocycles. The largest absolute Gasteiger partial charge is 0.341 e. The predicted molar refractivity (Wildman–Crippen MR) is 83.9 cm³/mol. The van der Waals surface area contributed by atoms with Crippen LogP contribution in [-0.4, -0.2) is 44.5 Å². The van der Waals surface area contributed by atoms with Gasteiger partial charge in [0.1, 0.15) is 0 Å². The quantitative estimate of drug-likeness (QED) is 0.595. The maximum atomic E-state index is 12.0. The summed E-state index contributed by atoms with van der Waals surface area (Å²) in [5, 5.41) is 7.60. The summed E-state index contributed by atoms with van der Waals surface area (Å²) in [6, 6.07) is 5.75. The molecule has 0 saturated carbocycles. The Morgan fingerprint density at radius 3 is 2.50 bits per heavy atom. The number of carbonyl (C=O) groups is 3. The molecule has 0 radical (unpaired) electrons. The molecule has 0 fully saturated rings. The van der Waals surface area contributed by atoms with Crippen LogP contribution in [0, 0.1) is 0 Å². The summed E-state index contributed by atoms with van der Waals surface area (Å²) >= 11 is 5.96. The van der Waals surface area contributed by atoms with Gasteiger partial charge in [0, 0.05) is 7.05 Å². The van der Waals surface area contributed by atoms with Crippen molar-refractivity contribution in [3.05, 3.63) is 29.3 Å². The van der Waals surface area contributed by atoms with Crippen molar-refractivity contribution in [1.29, 1.82) is 0 Å². The minimum Gasteiger partial charge on any atom is -0.341 e. The van der Waals surface area contributed by atoms with Gasteiger partial charge < -0.3 is 15.5 Å². The van der Waals surface area contributed by atoms with E-state index in [1.54, 1.807) is 38.2 Å². The highest BCUT2D eigenvalue weighted by atomic mass is 35.5. The Bertz CT molecular complexity index is 565. The van der Waals surface area contributed by atoms with Gasteiger partial charge in [-0.2, -0.15) is 0 Å². The van der Waals surface area contributed by atoms with Crippen LogP contribution in [0.25, 0.3) is 0 Å². The van der Waals surface area contributed by atoms with E-state index in [1.807, 2.05) is 0 Å². The van der Waals surface area contributed by atoms with E-state index in [1.165, 1.54) is 7.05 Å². The third-order valence-electron chi connectivity index (χ3n) is 3.18. The minimum atomic E-state index is -0.579. The number of imide groups is 1. The van der Waals surface area contributed by atoms with Crippen molar-refractivity contribution in [2.24, 2.45) is 0 Å². The van der Waals surface area contributed by atoms with Crippen molar-refractivity contribution in [1.82, 2.24) is 10.6 Å². The second kappa shape index (κ2) is 8.35. The van der Waals surface area contributed by atoms with E-state index in [-0.39, 0.29) is 12.5 Å². The number of halogens is 1. The number of benzene rings is 1. The van der Waals surface area contributed by atoms with Crippen molar-refractivity contribution < 1.29 is 19.3 Å². The topological polar surface area (TPSA) is 91.7 Å². The van der Waals surface area contributed by atoms with Gasteiger partial charge in [0.2, 0.25) is 0 Å². The van der Waals surface area contributed by atoms with Gasteiger partial charge in [0.15, 0.2) is 12.6 Å². The molecule has 22 heavy (non-hydrogen) atoms. The summed E-state index contributed by atoms with van der Waals surface area (Å²) in [7, 11) is 3.11. The normalized spacial score (nSPS) is 12.9. The monoisotopic (exact) mass is 327 g/mol. The van der Waals surface area contributed by atoms with Crippen LogP contribution in [0.1, 0.15) is 6.92 Å². The molecule has 0 aliphatic rings. The molecular formula is C14H20ClN4O3+. The molecule has 0 bridgehead atoms. The summed E-state index contributed by atoms with van der Waals surface area (Å²) in [5.74, 6) is -0.729. The van der Waals surface area contributed by atoms with Gasteiger partial charge in [-0.25, -0.2) is 4.79 Å². The SMILES string of the molecule is CNC(=O)NC(=O)[C@@H](C)[NH+](C)CC(=O)Nc1ccccc1Cl. The van der Waals surface area contributed by atoms with Gasteiger partial charge in [0.25, 0.3) is 11.8 Å². The Labute approximate surface area is 134 Å². The molecule has 0 aliphatic heterocycles. The zero-order chi connectivity index (χ0) is 16.7. The van der Waals surface area contributed by atoms with Crippen LogP contribution in [0.2, 0.25) is 5.02 Å². The third-order valence-corrected chi connectivity index (χ3v) is 3.51. The van der Waals surface area contributed by atoms with Gasteiger partial charge in [-0.1, -0.05) is 23.7 Å². The van der Waals surface area contributed by atoms with Gasteiger partial charge in [-0.15, -0.1) is 0 Å². The Morgan fingerprint density at radius 2 is 1.91 bits per heavy atom. The second-order valence-electron chi connectivity index (χ2n) is 4.84. The Morgan fingerprint density at radius 1 is 1.27 bits per heavy atom. The number of likely N-dealkylation sites (N-methyl/N-ethyl adjacent to an activating group) is 1. The van der Waals surface area contributed by atoms with Gasteiger partial charge in [0.05, 0.1) is 17.8 Å². The molecule has 8 heteroatoms. The maximum Gasteiger partial charge on any atom is 0.321 e. The van der Waals surface area contributed by atoms with Crippen molar-refractivity contribution in [2.75, 3.05) is 26.0 Å². The number of anilines is 1. The summed E-state index contributed by atoms with van der Waals surface area (Å²) < 4.78 is 0. The standard InChI is InChI=1S/C14H19ClN4O3/c1-9(13(21)18-14(22)16-2)19(3)8-12(20)17-11-7-5-4-6-10(11)15/h4-7,9H,8H2,1-3H3,(H,17,20)(H2,16,18,21,22)/p+1/t9-/m1/s1. The number of hydrogen-bond acceptors (Lipinski definition) is 3. The van der Waals surface area contributed by atoms with Crippen LogP contribution in [-0.2, 0) is 9.59 Å². The molecule has 0 aliphatic carbocycles. The number of carbonyl (C=O) groups excluding carboxylic acids is 3. The van der Waals surface area contributed by atoms with Crippen LogP contribution in [0.5, 0.6) is 0 Å². The van der Waals surface area contributed by atoms with Gasteiger partial charge >= 0.3 is 6.03 Å². The van der Waals surface area contributed by atoms with Gasteiger partial charge in [-0.05, 0) is 19.1 Å². The van der Waals surface area contributed by atoms with E-state index < -0.39 is 18.0 Å². The fraction of sp³-hybridized carbons (Fsp3) is 0.357. The Hall–Kier alpha value is -2.12. The van der Waals surface area contributed by atoms with E-state index in [0.717, 1.165) is 0 Å². The number of hydrogen-bond donors (Lipinski definition) is 4. The van der Waals surface area contributed by atoms with Crippen molar-refractivity contribution >= 4 is 35.1 Å². The Kier molecular flexibility index (Phi) is 6.81. The average Bonchev–Trinajstić information content (AvgIpc) is 2.48. The lowest BCUT2D eigenvalue weighted by Gasteiger charge is -2.20. The molecular weight excluding hydrogens is 308 g/mol. The molecule has 0 spiro atoms. The smallest absolute Gasteiger partial charge is 0.321 e. The number of urea groups is 1. The first-order valence-electron chi connectivity index (χ1n) is 6.74.